The van der Waals surface area contributed by atoms with Gasteiger partial charge >= 0.3 is 0 Å². The van der Waals surface area contributed by atoms with Gasteiger partial charge in [-0.2, -0.15) is 0 Å². The molecule has 0 saturated carbocycles. The van der Waals surface area contributed by atoms with Gasteiger partial charge in [0, 0.05) is 6.20 Å². The third kappa shape index (κ3) is 4.11. The molecule has 0 bridgehead atoms. The molecule has 5 nitrogen and oxygen atoms in total. The van der Waals surface area contributed by atoms with Crippen LogP contribution in [0.2, 0.25) is 0 Å². The van der Waals surface area contributed by atoms with Gasteiger partial charge < -0.3 is 10.5 Å². The number of alkyl halides is 1. The van der Waals surface area contributed by atoms with Crippen LogP contribution in [0.15, 0.2) is 42.7 Å². The lowest BCUT2D eigenvalue weighted by Gasteiger charge is -2.27. The molecule has 20 heavy (non-hydrogen) atoms. The molecule has 108 valence electrons. The predicted octanol–water partition coefficient (Wildman–Crippen LogP) is 1.55. The quantitative estimate of drug-likeness (QED) is 0.834. The highest BCUT2D eigenvalue weighted by atomic mass is 19.1. The summed E-state index contributed by atoms with van der Waals surface area (Å²) in [6.45, 7) is 2.02. The van der Waals surface area contributed by atoms with Crippen LogP contribution < -0.4 is 5.73 Å². The van der Waals surface area contributed by atoms with Gasteiger partial charge in [-0.3, -0.25) is 4.68 Å². The van der Waals surface area contributed by atoms with Crippen LogP contribution in [-0.4, -0.2) is 33.3 Å². The molecule has 2 rings (SSSR count). The highest BCUT2D eigenvalue weighted by Gasteiger charge is 2.32. The molecular weight excluding hydrogens is 259 g/mol. The van der Waals surface area contributed by atoms with Crippen LogP contribution in [0.1, 0.15) is 12.5 Å². The van der Waals surface area contributed by atoms with Crippen LogP contribution in [0, 0.1) is 0 Å². The Morgan fingerprint density at radius 2 is 2.15 bits per heavy atom. The maximum absolute atomic E-state index is 14.5. The van der Waals surface area contributed by atoms with Crippen molar-refractivity contribution in [2.45, 2.75) is 31.8 Å². The lowest BCUT2D eigenvalue weighted by molar-refractivity contribution is -0.00111. The zero-order valence-electron chi connectivity index (χ0n) is 11.4. The molecule has 6 heteroatoms. The van der Waals surface area contributed by atoms with E-state index in [-0.39, 0.29) is 13.2 Å². The second kappa shape index (κ2) is 6.58. The van der Waals surface area contributed by atoms with Gasteiger partial charge in [0.15, 0.2) is 0 Å². The van der Waals surface area contributed by atoms with Gasteiger partial charge in [0.2, 0.25) is 0 Å². The Balaban J connectivity index is 1.80. The number of rotatable bonds is 7. The number of hydrogen-bond acceptors (Lipinski definition) is 4. The summed E-state index contributed by atoms with van der Waals surface area (Å²) < 4.78 is 21.4. The molecule has 0 aliphatic rings. The number of benzene rings is 1. The van der Waals surface area contributed by atoms with Crippen LogP contribution in [0.5, 0.6) is 0 Å². The maximum atomic E-state index is 14.5. The van der Waals surface area contributed by atoms with Crippen LogP contribution in [0.25, 0.3) is 0 Å². The molecule has 1 aromatic heterocycles. The van der Waals surface area contributed by atoms with Gasteiger partial charge in [-0.1, -0.05) is 35.5 Å². The van der Waals surface area contributed by atoms with Crippen LogP contribution >= 0.6 is 0 Å². The fourth-order valence-corrected chi connectivity index (χ4v) is 1.77. The van der Waals surface area contributed by atoms with Gasteiger partial charge in [0.25, 0.3) is 0 Å². The third-order valence-corrected chi connectivity index (χ3v) is 3.12. The van der Waals surface area contributed by atoms with Gasteiger partial charge in [-0.15, -0.1) is 5.10 Å². The minimum absolute atomic E-state index is 0.0578. The summed E-state index contributed by atoms with van der Waals surface area (Å²) in [5.74, 6) is 0. The van der Waals surface area contributed by atoms with Gasteiger partial charge in [0.05, 0.1) is 32.0 Å². The molecule has 2 atom stereocenters. The van der Waals surface area contributed by atoms with Crippen molar-refractivity contribution in [3.8, 4) is 0 Å². The first-order chi connectivity index (χ1) is 9.58. The molecule has 0 radical (unpaired) electrons. The van der Waals surface area contributed by atoms with Crippen molar-refractivity contribution >= 4 is 0 Å². The first-order valence-electron chi connectivity index (χ1n) is 6.48. The second-order valence-electron chi connectivity index (χ2n) is 4.99. The summed E-state index contributed by atoms with van der Waals surface area (Å²) in [6, 6.07) is 8.93. The van der Waals surface area contributed by atoms with E-state index in [9.17, 15) is 4.39 Å². The summed E-state index contributed by atoms with van der Waals surface area (Å²) in [5.41, 5.74) is 5.26. The Labute approximate surface area is 117 Å². The van der Waals surface area contributed by atoms with Gasteiger partial charge in [-0.25, -0.2) is 4.39 Å². The molecule has 2 N–H and O–H groups in total. The zero-order chi connectivity index (χ0) is 14.4. The average molecular weight is 278 g/mol. The molecule has 0 saturated heterocycles. The number of ether oxygens (including phenoxy) is 1. The zero-order valence-corrected chi connectivity index (χ0v) is 11.4. The van der Waals surface area contributed by atoms with E-state index in [1.54, 1.807) is 6.20 Å². The highest BCUT2D eigenvalue weighted by Crippen LogP contribution is 2.17. The topological polar surface area (TPSA) is 66.0 Å². The van der Waals surface area contributed by atoms with Crippen molar-refractivity contribution in [3.05, 3.63) is 48.3 Å². The molecule has 0 amide bonds. The Bertz CT molecular complexity index is 501. The number of nitrogens with two attached hydrogens (primary N) is 1. The minimum atomic E-state index is -1.62. The summed E-state index contributed by atoms with van der Waals surface area (Å²) in [4.78, 5) is 0. The van der Waals surface area contributed by atoms with E-state index in [0.29, 0.717) is 6.61 Å². The summed E-state index contributed by atoms with van der Waals surface area (Å²) in [5, 5.41) is 7.44. The summed E-state index contributed by atoms with van der Waals surface area (Å²) in [6.07, 6.45) is 3.19. The van der Waals surface area contributed by atoms with Crippen molar-refractivity contribution in [2.75, 3.05) is 6.61 Å². The molecule has 1 aromatic carbocycles. The van der Waals surface area contributed by atoms with E-state index in [2.05, 4.69) is 10.3 Å². The van der Waals surface area contributed by atoms with Crippen LogP contribution in [-0.2, 0) is 17.9 Å². The van der Waals surface area contributed by atoms with Gasteiger partial charge in [-0.05, 0) is 12.5 Å². The number of aromatic nitrogens is 3. The Morgan fingerprint density at radius 3 is 2.80 bits per heavy atom. The van der Waals surface area contributed by atoms with Crippen molar-refractivity contribution in [2.24, 2.45) is 5.73 Å². The molecule has 0 fully saturated rings. The predicted molar refractivity (Wildman–Crippen MR) is 73.6 cm³/mol. The molecule has 1 heterocycles. The van der Waals surface area contributed by atoms with Crippen LogP contribution in [0.3, 0.4) is 0 Å². The van der Waals surface area contributed by atoms with Crippen LogP contribution in [0.4, 0.5) is 4.39 Å². The molecule has 0 aliphatic heterocycles. The summed E-state index contributed by atoms with van der Waals surface area (Å²) in [7, 11) is 0. The van der Waals surface area contributed by atoms with Crippen molar-refractivity contribution in [1.82, 2.24) is 15.0 Å². The monoisotopic (exact) mass is 278 g/mol. The van der Waals surface area contributed by atoms with Crippen molar-refractivity contribution in [3.63, 3.8) is 0 Å². The number of halogens is 1. The van der Waals surface area contributed by atoms with E-state index in [1.165, 1.54) is 17.8 Å². The number of hydrogen-bond donors (Lipinski definition) is 1. The molecular formula is C14H19FN4O. The average Bonchev–Trinajstić information content (AvgIpc) is 2.92. The first kappa shape index (κ1) is 14.6. The molecule has 0 spiro atoms. The highest BCUT2D eigenvalue weighted by molar-refractivity contribution is 5.13. The van der Waals surface area contributed by atoms with E-state index in [0.717, 1.165) is 5.56 Å². The van der Waals surface area contributed by atoms with Crippen molar-refractivity contribution in [1.29, 1.82) is 0 Å². The molecule has 0 aliphatic carbocycles. The summed E-state index contributed by atoms with van der Waals surface area (Å²) >= 11 is 0. The minimum Gasteiger partial charge on any atom is -0.373 e. The van der Waals surface area contributed by atoms with Gasteiger partial charge in [0.1, 0.15) is 5.67 Å². The molecule has 2 aromatic rings. The first-order valence-corrected chi connectivity index (χ1v) is 6.48. The van der Waals surface area contributed by atoms with E-state index in [1.807, 2.05) is 30.3 Å². The third-order valence-electron chi connectivity index (χ3n) is 3.12. The maximum Gasteiger partial charge on any atom is 0.148 e. The van der Waals surface area contributed by atoms with Crippen molar-refractivity contribution < 1.29 is 9.13 Å². The van der Waals surface area contributed by atoms with E-state index in [4.69, 9.17) is 10.5 Å². The largest absolute Gasteiger partial charge is 0.373 e. The Morgan fingerprint density at radius 1 is 1.40 bits per heavy atom. The normalized spacial score (nSPS) is 15.8. The second-order valence-corrected chi connectivity index (χ2v) is 4.99. The standard InChI is InChI=1S/C14H19FN4O/c1-14(15,13(16)9-19-8-7-17-18-19)11-20-10-12-5-3-2-4-6-12/h2-8,13H,9-11,16H2,1H3/t13-,14?/m1/s1. The Kier molecular flexibility index (Phi) is 4.81. The lowest BCUT2D eigenvalue weighted by Crippen LogP contribution is -2.48. The smallest absolute Gasteiger partial charge is 0.148 e. The van der Waals surface area contributed by atoms with E-state index >= 15 is 0 Å². The fraction of sp³-hybridized carbons (Fsp3) is 0.429. The number of nitrogens with zero attached hydrogens (tertiary/aromatic N) is 3. The molecule has 1 unspecified atom stereocenters. The lowest BCUT2D eigenvalue weighted by atomic mass is 10.0. The fourth-order valence-electron chi connectivity index (χ4n) is 1.77. The SMILES string of the molecule is CC(F)(COCc1ccccc1)[C@H](N)Cn1ccnn1. The van der Waals surface area contributed by atoms with E-state index < -0.39 is 11.7 Å². The Hall–Kier alpha value is -1.79.